The van der Waals surface area contributed by atoms with Gasteiger partial charge in [0, 0.05) is 12.0 Å². The Hall–Kier alpha value is -1.09. The van der Waals surface area contributed by atoms with Crippen LogP contribution in [-0.4, -0.2) is 16.8 Å². The van der Waals surface area contributed by atoms with Gasteiger partial charge in [0.25, 0.3) is 0 Å². The lowest BCUT2D eigenvalue weighted by atomic mass is 9.97. The first-order chi connectivity index (χ1) is 6.47. The molecule has 2 rings (SSSR count). The summed E-state index contributed by atoms with van der Waals surface area (Å²) in [6.07, 6.45) is 0.288. The van der Waals surface area contributed by atoms with Gasteiger partial charge in [-0.05, 0) is 32.0 Å². The summed E-state index contributed by atoms with van der Waals surface area (Å²) in [6.45, 7) is 3.39. The summed E-state index contributed by atoms with van der Waals surface area (Å²) in [7, 11) is 0. The van der Waals surface area contributed by atoms with Crippen LogP contribution in [0.25, 0.3) is 0 Å². The molecule has 0 aromatic heterocycles. The average Bonchev–Trinajstić information content (AvgIpc) is 2.45. The van der Waals surface area contributed by atoms with E-state index in [9.17, 15) is 9.50 Å². The third-order valence-corrected chi connectivity index (χ3v) is 2.49. The molecule has 0 saturated carbocycles. The highest BCUT2D eigenvalue weighted by Gasteiger charge is 2.34. The second kappa shape index (κ2) is 2.95. The quantitative estimate of drug-likeness (QED) is 0.743. The average molecular weight is 196 g/mol. The lowest BCUT2D eigenvalue weighted by Crippen LogP contribution is -2.39. The number of fused-ring (bicyclic) bond motifs is 1. The standard InChI is InChI=1S/C11H13FO2/c1-11(2,13)10-6-7-5-8(12)3-4-9(7)14-10/h3-5,10,13H,6H2,1-2H3. The Morgan fingerprint density at radius 3 is 2.86 bits per heavy atom. The van der Waals surface area contributed by atoms with Gasteiger partial charge in [-0.3, -0.25) is 0 Å². The molecule has 1 aliphatic rings. The molecule has 1 aliphatic heterocycles. The van der Waals surface area contributed by atoms with Crippen LogP contribution in [0.5, 0.6) is 5.75 Å². The zero-order valence-corrected chi connectivity index (χ0v) is 8.25. The van der Waals surface area contributed by atoms with Gasteiger partial charge in [0.1, 0.15) is 17.7 Å². The molecule has 0 amide bonds. The topological polar surface area (TPSA) is 29.5 Å². The summed E-state index contributed by atoms with van der Waals surface area (Å²) in [4.78, 5) is 0. The predicted molar refractivity (Wildman–Crippen MR) is 50.8 cm³/mol. The van der Waals surface area contributed by atoms with Crippen LogP contribution in [0.2, 0.25) is 0 Å². The molecule has 0 spiro atoms. The van der Waals surface area contributed by atoms with E-state index in [1.807, 2.05) is 0 Å². The zero-order valence-electron chi connectivity index (χ0n) is 8.25. The molecule has 1 unspecified atom stereocenters. The van der Waals surface area contributed by atoms with Gasteiger partial charge in [0.05, 0.1) is 5.60 Å². The lowest BCUT2D eigenvalue weighted by Gasteiger charge is -2.24. The van der Waals surface area contributed by atoms with Crippen LogP contribution >= 0.6 is 0 Å². The molecule has 0 radical (unpaired) electrons. The molecule has 2 nitrogen and oxygen atoms in total. The van der Waals surface area contributed by atoms with Crippen LogP contribution in [0.1, 0.15) is 19.4 Å². The molecule has 1 atom stereocenters. The van der Waals surface area contributed by atoms with Crippen molar-refractivity contribution in [1.82, 2.24) is 0 Å². The third kappa shape index (κ3) is 1.60. The van der Waals surface area contributed by atoms with E-state index in [1.165, 1.54) is 12.1 Å². The highest BCUT2D eigenvalue weighted by Crippen LogP contribution is 2.33. The van der Waals surface area contributed by atoms with Gasteiger partial charge in [-0.2, -0.15) is 0 Å². The van der Waals surface area contributed by atoms with Crippen molar-refractivity contribution >= 4 is 0 Å². The van der Waals surface area contributed by atoms with E-state index in [0.29, 0.717) is 12.2 Å². The Kier molecular flexibility index (Phi) is 2.00. The van der Waals surface area contributed by atoms with E-state index < -0.39 is 5.60 Å². The maximum atomic E-state index is 12.9. The van der Waals surface area contributed by atoms with Crippen LogP contribution in [0.4, 0.5) is 4.39 Å². The molecule has 76 valence electrons. The summed E-state index contributed by atoms with van der Waals surface area (Å²) in [6, 6.07) is 4.43. The van der Waals surface area contributed by atoms with Gasteiger partial charge in [-0.1, -0.05) is 0 Å². The van der Waals surface area contributed by atoms with Crippen molar-refractivity contribution in [1.29, 1.82) is 0 Å². The highest BCUT2D eigenvalue weighted by molar-refractivity contribution is 5.38. The molecule has 1 aromatic rings. The summed E-state index contributed by atoms with van der Waals surface area (Å²) >= 11 is 0. The van der Waals surface area contributed by atoms with Crippen molar-refractivity contribution in [3.8, 4) is 5.75 Å². The van der Waals surface area contributed by atoms with E-state index >= 15 is 0 Å². The maximum absolute atomic E-state index is 12.9. The smallest absolute Gasteiger partial charge is 0.131 e. The van der Waals surface area contributed by atoms with Crippen molar-refractivity contribution in [2.75, 3.05) is 0 Å². The summed E-state index contributed by atoms with van der Waals surface area (Å²) < 4.78 is 18.4. The van der Waals surface area contributed by atoms with Crippen molar-refractivity contribution < 1.29 is 14.2 Å². The fraction of sp³-hybridized carbons (Fsp3) is 0.455. The Balaban J connectivity index is 2.26. The predicted octanol–water partition coefficient (Wildman–Crippen LogP) is 1.90. The molecule has 0 bridgehead atoms. The van der Waals surface area contributed by atoms with E-state index in [1.54, 1.807) is 19.9 Å². The van der Waals surface area contributed by atoms with E-state index in [2.05, 4.69) is 0 Å². The van der Waals surface area contributed by atoms with Crippen LogP contribution in [0.15, 0.2) is 18.2 Å². The van der Waals surface area contributed by atoms with Gasteiger partial charge >= 0.3 is 0 Å². The monoisotopic (exact) mass is 196 g/mol. The number of rotatable bonds is 1. The first kappa shape index (κ1) is 9.46. The molecule has 0 fully saturated rings. The molecule has 0 aliphatic carbocycles. The molecular formula is C11H13FO2. The zero-order chi connectivity index (χ0) is 10.3. The van der Waals surface area contributed by atoms with Gasteiger partial charge < -0.3 is 9.84 Å². The Morgan fingerprint density at radius 1 is 1.50 bits per heavy atom. The summed E-state index contributed by atoms with van der Waals surface area (Å²) in [5.74, 6) is 0.419. The number of hydrogen-bond donors (Lipinski definition) is 1. The van der Waals surface area contributed by atoms with Gasteiger partial charge in [-0.15, -0.1) is 0 Å². The SMILES string of the molecule is CC(C)(O)C1Cc2cc(F)ccc2O1. The minimum Gasteiger partial charge on any atom is -0.487 e. The first-order valence-electron chi connectivity index (χ1n) is 4.64. The van der Waals surface area contributed by atoms with Crippen molar-refractivity contribution in [2.45, 2.75) is 32.0 Å². The van der Waals surface area contributed by atoms with Crippen LogP contribution in [0.3, 0.4) is 0 Å². The number of benzene rings is 1. The largest absolute Gasteiger partial charge is 0.487 e. The number of halogens is 1. The summed E-state index contributed by atoms with van der Waals surface area (Å²) in [5, 5.41) is 9.74. The molecular weight excluding hydrogens is 183 g/mol. The van der Waals surface area contributed by atoms with Crippen LogP contribution in [-0.2, 0) is 6.42 Å². The molecule has 1 N–H and O–H groups in total. The number of aliphatic hydroxyl groups is 1. The second-order valence-electron chi connectivity index (χ2n) is 4.22. The molecule has 3 heteroatoms. The Bertz CT molecular complexity index is 355. The number of ether oxygens (including phenoxy) is 1. The third-order valence-electron chi connectivity index (χ3n) is 2.49. The summed E-state index contributed by atoms with van der Waals surface area (Å²) in [5.41, 5.74) is -0.0627. The van der Waals surface area contributed by atoms with E-state index in [0.717, 1.165) is 5.56 Å². The van der Waals surface area contributed by atoms with E-state index in [4.69, 9.17) is 4.74 Å². The minimum atomic E-state index is -0.893. The first-order valence-corrected chi connectivity index (χ1v) is 4.64. The Morgan fingerprint density at radius 2 is 2.21 bits per heavy atom. The maximum Gasteiger partial charge on any atom is 0.131 e. The normalized spacial score (nSPS) is 20.4. The van der Waals surface area contributed by atoms with Gasteiger partial charge in [-0.25, -0.2) is 4.39 Å². The van der Waals surface area contributed by atoms with Gasteiger partial charge in [0.2, 0.25) is 0 Å². The van der Waals surface area contributed by atoms with E-state index in [-0.39, 0.29) is 11.9 Å². The fourth-order valence-electron chi connectivity index (χ4n) is 1.61. The highest BCUT2D eigenvalue weighted by atomic mass is 19.1. The second-order valence-corrected chi connectivity index (χ2v) is 4.22. The van der Waals surface area contributed by atoms with Crippen molar-refractivity contribution in [3.05, 3.63) is 29.6 Å². The molecule has 1 heterocycles. The lowest BCUT2D eigenvalue weighted by molar-refractivity contribution is -0.0229. The van der Waals surface area contributed by atoms with Crippen molar-refractivity contribution in [2.24, 2.45) is 0 Å². The Labute approximate surface area is 82.3 Å². The van der Waals surface area contributed by atoms with Crippen LogP contribution in [0, 0.1) is 5.82 Å². The van der Waals surface area contributed by atoms with Gasteiger partial charge in [0.15, 0.2) is 0 Å². The molecule has 0 saturated heterocycles. The van der Waals surface area contributed by atoms with Crippen LogP contribution < -0.4 is 4.74 Å². The molecule has 14 heavy (non-hydrogen) atoms. The fourth-order valence-corrected chi connectivity index (χ4v) is 1.61. The van der Waals surface area contributed by atoms with Crippen molar-refractivity contribution in [3.63, 3.8) is 0 Å². The molecule has 1 aromatic carbocycles. The minimum absolute atomic E-state index is 0.260. The number of hydrogen-bond acceptors (Lipinski definition) is 2.